The Kier molecular flexibility index (Phi) is 4.10. The molecule has 1 rings (SSSR count). The third-order valence-corrected chi connectivity index (χ3v) is 2.21. The van der Waals surface area contributed by atoms with Crippen molar-refractivity contribution in [2.75, 3.05) is 11.2 Å². The highest BCUT2D eigenvalue weighted by Crippen LogP contribution is 2.07. The van der Waals surface area contributed by atoms with E-state index in [0.29, 0.717) is 0 Å². The number of carbonyl (C=O) groups is 1. The third-order valence-electron chi connectivity index (χ3n) is 1.54. The monoisotopic (exact) mass is 233 g/mol. The van der Waals surface area contributed by atoms with E-state index >= 15 is 0 Å². The Balaban J connectivity index is 2.65. The molecule has 0 aromatic carbocycles. The smallest absolute Gasteiger partial charge is 0.230 e. The summed E-state index contributed by atoms with van der Waals surface area (Å²) in [6.07, 6.45) is 1.47. The Morgan fingerprint density at radius 2 is 2.43 bits per heavy atom. The van der Waals surface area contributed by atoms with Crippen LogP contribution >= 0.6 is 23.2 Å². The Bertz CT molecular complexity index is 332. The molecule has 0 aliphatic carbocycles. The van der Waals surface area contributed by atoms with Crippen molar-refractivity contribution in [1.82, 2.24) is 9.97 Å². The minimum atomic E-state index is -0.278. The van der Waals surface area contributed by atoms with Gasteiger partial charge in [0.1, 0.15) is 5.15 Å². The van der Waals surface area contributed by atoms with Gasteiger partial charge in [-0.25, -0.2) is 9.97 Å². The van der Waals surface area contributed by atoms with E-state index in [2.05, 4.69) is 15.3 Å². The van der Waals surface area contributed by atoms with Gasteiger partial charge < -0.3 is 0 Å². The van der Waals surface area contributed by atoms with E-state index < -0.39 is 0 Å². The van der Waals surface area contributed by atoms with Crippen molar-refractivity contribution < 1.29 is 4.79 Å². The molecule has 1 atom stereocenters. The lowest BCUT2D eigenvalue weighted by Gasteiger charge is -2.07. The molecule has 0 saturated carbocycles. The van der Waals surface area contributed by atoms with Crippen LogP contribution < -0.4 is 5.32 Å². The Morgan fingerprint density at radius 1 is 1.71 bits per heavy atom. The number of hydrogen-bond acceptors (Lipinski definition) is 3. The summed E-state index contributed by atoms with van der Waals surface area (Å²) in [5, 5.41) is 2.79. The van der Waals surface area contributed by atoms with Crippen molar-refractivity contribution in [1.29, 1.82) is 0 Å². The average molecular weight is 234 g/mol. The lowest BCUT2D eigenvalue weighted by atomic mass is 10.2. The minimum absolute atomic E-state index is 0.194. The normalized spacial score (nSPS) is 12.2. The van der Waals surface area contributed by atoms with Crippen LogP contribution in [0.4, 0.5) is 5.95 Å². The summed E-state index contributed by atoms with van der Waals surface area (Å²) < 4.78 is 0. The van der Waals surface area contributed by atoms with Crippen molar-refractivity contribution in [2.45, 2.75) is 6.92 Å². The molecule has 6 heteroatoms. The van der Waals surface area contributed by atoms with Crippen molar-refractivity contribution in [3.8, 4) is 0 Å². The summed E-state index contributed by atoms with van der Waals surface area (Å²) >= 11 is 11.1. The molecule has 1 unspecified atom stereocenters. The first kappa shape index (κ1) is 11.2. The molecular weight excluding hydrogens is 225 g/mol. The standard InChI is InChI=1S/C8H9Cl2N3O/c1-5(4-9)7(14)13-8-11-3-2-6(10)12-8/h2-3,5H,4H2,1H3,(H,11,12,13,14). The second-order valence-electron chi connectivity index (χ2n) is 2.75. The van der Waals surface area contributed by atoms with Gasteiger partial charge in [-0.3, -0.25) is 10.1 Å². The molecule has 1 heterocycles. The van der Waals surface area contributed by atoms with E-state index in [1.807, 2.05) is 0 Å². The van der Waals surface area contributed by atoms with Crippen LogP contribution in [0.5, 0.6) is 0 Å². The van der Waals surface area contributed by atoms with Crippen LogP contribution in [-0.4, -0.2) is 21.8 Å². The van der Waals surface area contributed by atoms with Crippen molar-refractivity contribution in [2.24, 2.45) is 5.92 Å². The van der Waals surface area contributed by atoms with Crippen molar-refractivity contribution in [3.05, 3.63) is 17.4 Å². The first-order chi connectivity index (χ1) is 6.63. The number of nitrogens with one attached hydrogen (secondary N) is 1. The lowest BCUT2D eigenvalue weighted by Crippen LogP contribution is -2.22. The summed E-state index contributed by atoms with van der Waals surface area (Å²) in [6, 6.07) is 1.53. The summed E-state index contributed by atoms with van der Waals surface area (Å²) in [5.41, 5.74) is 0. The largest absolute Gasteiger partial charge is 0.294 e. The maximum absolute atomic E-state index is 11.3. The molecule has 0 saturated heterocycles. The SMILES string of the molecule is CC(CCl)C(=O)Nc1nccc(Cl)n1. The molecule has 0 spiro atoms. The van der Waals surface area contributed by atoms with Crippen LogP contribution in [0.15, 0.2) is 12.3 Å². The van der Waals surface area contributed by atoms with E-state index in [1.54, 1.807) is 6.92 Å². The molecule has 0 aliphatic heterocycles. The quantitative estimate of drug-likeness (QED) is 0.642. The van der Waals surface area contributed by atoms with Gasteiger partial charge in [0.25, 0.3) is 0 Å². The molecule has 1 amide bonds. The molecule has 1 N–H and O–H groups in total. The molecule has 1 aromatic heterocycles. The van der Waals surface area contributed by atoms with Crippen LogP contribution in [0.2, 0.25) is 5.15 Å². The van der Waals surface area contributed by atoms with Gasteiger partial charge in [-0.05, 0) is 6.07 Å². The Hall–Kier alpha value is -0.870. The van der Waals surface area contributed by atoms with Gasteiger partial charge in [0, 0.05) is 18.0 Å². The third kappa shape index (κ3) is 3.12. The van der Waals surface area contributed by atoms with Gasteiger partial charge in [0.05, 0.1) is 0 Å². The van der Waals surface area contributed by atoms with Crippen LogP contribution in [0.3, 0.4) is 0 Å². The summed E-state index contributed by atoms with van der Waals surface area (Å²) in [4.78, 5) is 19.0. The first-order valence-electron chi connectivity index (χ1n) is 3.99. The predicted octanol–water partition coefficient (Wildman–Crippen LogP) is 1.94. The number of rotatable bonds is 3. The topological polar surface area (TPSA) is 54.9 Å². The Morgan fingerprint density at radius 3 is 3.00 bits per heavy atom. The molecular formula is C8H9Cl2N3O. The number of alkyl halides is 1. The van der Waals surface area contributed by atoms with Gasteiger partial charge in [0.15, 0.2) is 0 Å². The van der Waals surface area contributed by atoms with Crippen LogP contribution in [0, 0.1) is 5.92 Å². The number of carbonyl (C=O) groups excluding carboxylic acids is 1. The number of halogens is 2. The van der Waals surface area contributed by atoms with E-state index in [4.69, 9.17) is 23.2 Å². The summed E-state index contributed by atoms with van der Waals surface area (Å²) in [5.74, 6) is -0.0483. The number of nitrogens with zero attached hydrogens (tertiary/aromatic N) is 2. The maximum Gasteiger partial charge on any atom is 0.230 e. The number of aromatic nitrogens is 2. The Labute approximate surface area is 91.6 Å². The zero-order valence-corrected chi connectivity index (χ0v) is 9.01. The highest BCUT2D eigenvalue weighted by molar-refractivity contribution is 6.29. The fraction of sp³-hybridized carbons (Fsp3) is 0.375. The van der Waals surface area contributed by atoms with Gasteiger partial charge in [-0.15, -0.1) is 11.6 Å². The average Bonchev–Trinajstić information content (AvgIpc) is 2.16. The molecule has 76 valence electrons. The van der Waals surface area contributed by atoms with Crippen LogP contribution in [0.1, 0.15) is 6.92 Å². The lowest BCUT2D eigenvalue weighted by molar-refractivity contribution is -0.118. The molecule has 0 aliphatic rings. The van der Waals surface area contributed by atoms with Gasteiger partial charge >= 0.3 is 0 Å². The van der Waals surface area contributed by atoms with Gasteiger partial charge in [0.2, 0.25) is 11.9 Å². The van der Waals surface area contributed by atoms with Gasteiger partial charge in [-0.2, -0.15) is 0 Å². The number of amides is 1. The molecule has 0 fully saturated rings. The predicted molar refractivity (Wildman–Crippen MR) is 55.6 cm³/mol. The zero-order chi connectivity index (χ0) is 10.6. The fourth-order valence-electron chi connectivity index (χ4n) is 0.700. The highest BCUT2D eigenvalue weighted by atomic mass is 35.5. The van der Waals surface area contributed by atoms with Crippen molar-refractivity contribution >= 4 is 35.1 Å². The minimum Gasteiger partial charge on any atom is -0.294 e. The number of hydrogen-bond donors (Lipinski definition) is 1. The highest BCUT2D eigenvalue weighted by Gasteiger charge is 2.12. The molecule has 14 heavy (non-hydrogen) atoms. The van der Waals surface area contributed by atoms with E-state index in [1.165, 1.54) is 12.3 Å². The summed E-state index contributed by atoms with van der Waals surface area (Å²) in [6.45, 7) is 1.72. The molecule has 1 aromatic rings. The van der Waals surface area contributed by atoms with Crippen molar-refractivity contribution in [3.63, 3.8) is 0 Å². The maximum atomic E-state index is 11.3. The first-order valence-corrected chi connectivity index (χ1v) is 4.90. The molecule has 4 nitrogen and oxygen atoms in total. The second kappa shape index (κ2) is 5.12. The fourth-order valence-corrected chi connectivity index (χ4v) is 0.977. The van der Waals surface area contributed by atoms with Crippen LogP contribution in [-0.2, 0) is 4.79 Å². The zero-order valence-electron chi connectivity index (χ0n) is 7.50. The summed E-state index contributed by atoms with van der Waals surface area (Å²) in [7, 11) is 0. The van der Waals surface area contributed by atoms with E-state index in [-0.39, 0.29) is 28.8 Å². The van der Waals surface area contributed by atoms with Crippen LogP contribution in [0.25, 0.3) is 0 Å². The van der Waals surface area contributed by atoms with E-state index in [9.17, 15) is 4.79 Å². The second-order valence-corrected chi connectivity index (χ2v) is 3.44. The van der Waals surface area contributed by atoms with E-state index in [0.717, 1.165) is 0 Å². The molecule has 0 radical (unpaired) electrons. The molecule has 0 bridgehead atoms. The van der Waals surface area contributed by atoms with Gasteiger partial charge in [-0.1, -0.05) is 18.5 Å². The number of anilines is 1.